The van der Waals surface area contributed by atoms with Gasteiger partial charge in [0.15, 0.2) is 23.1 Å². The molecule has 29 heavy (non-hydrogen) atoms. The maximum atomic E-state index is 14.1. The Morgan fingerprint density at radius 1 is 0.931 bits per heavy atom. The van der Waals surface area contributed by atoms with E-state index in [1.54, 1.807) is 25.3 Å². The number of halogens is 1. The molecule has 4 aromatic rings. The van der Waals surface area contributed by atoms with E-state index in [2.05, 4.69) is 9.97 Å². The molecule has 6 nitrogen and oxygen atoms in total. The molecule has 1 heterocycles. The van der Waals surface area contributed by atoms with Crippen molar-refractivity contribution in [2.45, 2.75) is 6.61 Å². The molecule has 0 aliphatic heterocycles. The lowest BCUT2D eigenvalue weighted by Gasteiger charge is -2.13. The summed E-state index contributed by atoms with van der Waals surface area (Å²) in [6.07, 6.45) is 1.35. The summed E-state index contributed by atoms with van der Waals surface area (Å²) < 4.78 is 31.2. The van der Waals surface area contributed by atoms with Crippen molar-refractivity contribution in [2.75, 3.05) is 12.8 Å². The number of nitrogen functional groups attached to an aromatic ring is 1. The van der Waals surface area contributed by atoms with Crippen LogP contribution in [-0.2, 0) is 6.61 Å². The van der Waals surface area contributed by atoms with Gasteiger partial charge >= 0.3 is 0 Å². The van der Waals surface area contributed by atoms with Gasteiger partial charge in [0.05, 0.1) is 18.0 Å². The first-order chi connectivity index (χ1) is 14.1. The molecule has 0 atom stereocenters. The van der Waals surface area contributed by atoms with Crippen LogP contribution in [0.4, 0.5) is 10.1 Å². The molecule has 7 heteroatoms. The SMILES string of the molecule is COc1cc2c(Oc3ccc(N)cc3F)ncnc2cc1OCc1ccccc1. The van der Waals surface area contributed by atoms with Gasteiger partial charge in [-0.3, -0.25) is 0 Å². The molecule has 0 unspecified atom stereocenters. The Labute approximate surface area is 166 Å². The van der Waals surface area contributed by atoms with Crippen LogP contribution in [0, 0.1) is 5.82 Å². The normalized spacial score (nSPS) is 10.7. The van der Waals surface area contributed by atoms with Crippen LogP contribution in [0.2, 0.25) is 0 Å². The first kappa shape index (κ1) is 18.5. The van der Waals surface area contributed by atoms with Crippen molar-refractivity contribution in [3.05, 3.63) is 78.4 Å². The molecule has 0 bridgehead atoms. The van der Waals surface area contributed by atoms with Gasteiger partial charge in [-0.1, -0.05) is 30.3 Å². The van der Waals surface area contributed by atoms with Crippen LogP contribution in [-0.4, -0.2) is 17.1 Å². The summed E-state index contributed by atoms with van der Waals surface area (Å²) >= 11 is 0. The summed E-state index contributed by atoms with van der Waals surface area (Å²) in [5.41, 5.74) is 7.50. The van der Waals surface area contributed by atoms with E-state index in [4.69, 9.17) is 19.9 Å². The van der Waals surface area contributed by atoms with Crippen LogP contribution in [0.15, 0.2) is 67.0 Å². The fourth-order valence-electron chi connectivity index (χ4n) is 2.83. The number of anilines is 1. The molecule has 146 valence electrons. The quantitative estimate of drug-likeness (QED) is 0.479. The Bertz CT molecular complexity index is 1150. The minimum Gasteiger partial charge on any atom is -0.493 e. The molecule has 0 saturated heterocycles. The van der Waals surface area contributed by atoms with E-state index in [0.29, 0.717) is 34.7 Å². The molecule has 0 spiro atoms. The number of hydrogen-bond acceptors (Lipinski definition) is 6. The van der Waals surface area contributed by atoms with Crippen molar-refractivity contribution in [1.82, 2.24) is 9.97 Å². The van der Waals surface area contributed by atoms with Crippen molar-refractivity contribution in [3.8, 4) is 23.1 Å². The summed E-state index contributed by atoms with van der Waals surface area (Å²) in [6.45, 7) is 0.383. The highest BCUT2D eigenvalue weighted by molar-refractivity contribution is 5.87. The lowest BCUT2D eigenvalue weighted by Crippen LogP contribution is -1.99. The van der Waals surface area contributed by atoms with Crippen molar-refractivity contribution in [1.29, 1.82) is 0 Å². The third-order valence-corrected chi connectivity index (χ3v) is 4.28. The second-order valence-electron chi connectivity index (χ2n) is 6.27. The van der Waals surface area contributed by atoms with Crippen LogP contribution in [0.1, 0.15) is 5.56 Å². The Morgan fingerprint density at radius 2 is 1.76 bits per heavy atom. The number of methoxy groups -OCH3 is 1. The van der Waals surface area contributed by atoms with Gasteiger partial charge in [0.1, 0.15) is 12.9 Å². The molecule has 0 saturated carbocycles. The molecular weight excluding hydrogens is 373 g/mol. The van der Waals surface area contributed by atoms with Crippen LogP contribution in [0.5, 0.6) is 23.1 Å². The zero-order valence-electron chi connectivity index (χ0n) is 15.6. The average molecular weight is 391 g/mol. The summed E-state index contributed by atoms with van der Waals surface area (Å²) in [5, 5.41) is 0.563. The monoisotopic (exact) mass is 391 g/mol. The molecule has 0 fully saturated rings. The van der Waals surface area contributed by atoms with Crippen molar-refractivity contribution >= 4 is 16.6 Å². The molecule has 0 radical (unpaired) electrons. The number of benzene rings is 3. The van der Waals surface area contributed by atoms with E-state index in [-0.39, 0.29) is 11.6 Å². The topological polar surface area (TPSA) is 79.5 Å². The van der Waals surface area contributed by atoms with Crippen LogP contribution >= 0.6 is 0 Å². The summed E-state index contributed by atoms with van der Waals surface area (Å²) in [6, 6.07) is 17.4. The number of ether oxygens (including phenoxy) is 3. The molecule has 0 amide bonds. The number of rotatable bonds is 6. The van der Waals surface area contributed by atoms with Crippen molar-refractivity contribution in [2.24, 2.45) is 0 Å². The second kappa shape index (κ2) is 8.02. The number of hydrogen-bond donors (Lipinski definition) is 1. The van der Waals surface area contributed by atoms with E-state index in [1.165, 1.54) is 18.5 Å². The Hall–Kier alpha value is -3.87. The van der Waals surface area contributed by atoms with E-state index in [9.17, 15) is 4.39 Å². The highest BCUT2D eigenvalue weighted by Gasteiger charge is 2.14. The van der Waals surface area contributed by atoms with E-state index >= 15 is 0 Å². The van der Waals surface area contributed by atoms with Gasteiger partial charge in [0.25, 0.3) is 0 Å². The highest BCUT2D eigenvalue weighted by atomic mass is 19.1. The Kier molecular flexibility index (Phi) is 5.11. The molecule has 0 aliphatic rings. The largest absolute Gasteiger partial charge is 0.493 e. The van der Waals surface area contributed by atoms with Gasteiger partial charge in [-0.15, -0.1) is 0 Å². The van der Waals surface area contributed by atoms with Crippen LogP contribution < -0.4 is 19.9 Å². The fourth-order valence-corrected chi connectivity index (χ4v) is 2.83. The maximum Gasteiger partial charge on any atom is 0.230 e. The van der Waals surface area contributed by atoms with E-state index in [0.717, 1.165) is 5.56 Å². The predicted octanol–water partition coefficient (Wildman–Crippen LogP) is 4.73. The maximum absolute atomic E-state index is 14.1. The fraction of sp³-hybridized carbons (Fsp3) is 0.0909. The van der Waals surface area contributed by atoms with Gasteiger partial charge in [0, 0.05) is 17.8 Å². The summed E-state index contributed by atoms with van der Waals surface area (Å²) in [7, 11) is 1.54. The van der Waals surface area contributed by atoms with Crippen LogP contribution in [0.25, 0.3) is 10.9 Å². The lowest BCUT2D eigenvalue weighted by molar-refractivity contribution is 0.285. The van der Waals surface area contributed by atoms with Crippen LogP contribution in [0.3, 0.4) is 0 Å². The van der Waals surface area contributed by atoms with Gasteiger partial charge in [-0.05, 0) is 23.8 Å². The lowest BCUT2D eigenvalue weighted by atomic mass is 10.2. The van der Waals surface area contributed by atoms with Gasteiger partial charge in [0.2, 0.25) is 5.88 Å². The molecule has 2 N–H and O–H groups in total. The molecular formula is C22H18FN3O3. The number of nitrogens with two attached hydrogens (primary N) is 1. The smallest absolute Gasteiger partial charge is 0.230 e. The molecule has 1 aromatic heterocycles. The Balaban J connectivity index is 1.67. The zero-order chi connectivity index (χ0) is 20.2. The molecule has 0 aliphatic carbocycles. The number of nitrogens with zero attached hydrogens (tertiary/aromatic N) is 2. The third-order valence-electron chi connectivity index (χ3n) is 4.28. The minimum atomic E-state index is -0.577. The van der Waals surface area contributed by atoms with E-state index < -0.39 is 5.82 Å². The predicted molar refractivity (Wildman–Crippen MR) is 108 cm³/mol. The molecule has 4 rings (SSSR count). The van der Waals surface area contributed by atoms with Gasteiger partial charge in [-0.25, -0.2) is 14.4 Å². The van der Waals surface area contributed by atoms with Crippen molar-refractivity contribution in [3.63, 3.8) is 0 Å². The van der Waals surface area contributed by atoms with Gasteiger partial charge < -0.3 is 19.9 Å². The van der Waals surface area contributed by atoms with E-state index in [1.807, 2.05) is 30.3 Å². The summed E-state index contributed by atoms with van der Waals surface area (Å²) in [5.74, 6) is 0.665. The highest BCUT2D eigenvalue weighted by Crippen LogP contribution is 2.36. The van der Waals surface area contributed by atoms with Crippen molar-refractivity contribution < 1.29 is 18.6 Å². The number of aromatic nitrogens is 2. The zero-order valence-corrected chi connectivity index (χ0v) is 15.6. The first-order valence-corrected chi connectivity index (χ1v) is 8.86. The summed E-state index contributed by atoms with van der Waals surface area (Å²) in [4.78, 5) is 8.41. The third kappa shape index (κ3) is 4.03. The first-order valence-electron chi connectivity index (χ1n) is 8.86. The minimum absolute atomic E-state index is 0.0163. The number of fused-ring (bicyclic) bond motifs is 1. The standard InChI is InChI=1S/C22H18FN3O3/c1-27-20-10-16-18(11-21(20)28-12-14-5-3-2-4-6-14)25-13-26-22(16)29-19-8-7-15(24)9-17(19)23/h2-11,13H,12,24H2,1H3. The Morgan fingerprint density at radius 3 is 2.52 bits per heavy atom. The van der Waals surface area contributed by atoms with Gasteiger partial charge in [-0.2, -0.15) is 0 Å². The average Bonchev–Trinajstić information content (AvgIpc) is 2.74. The molecule has 3 aromatic carbocycles. The second-order valence-corrected chi connectivity index (χ2v) is 6.27.